The minimum Gasteiger partial charge on any atom is -0.477 e. The smallest absolute Gasteiger partial charge is 0.354 e. The molecule has 0 unspecified atom stereocenters. The number of aromatic nitrogens is 3. The molecule has 0 spiro atoms. The molecular formula is C20H16N4O6S2. The van der Waals surface area contributed by atoms with Gasteiger partial charge in [0.25, 0.3) is 11.5 Å². The van der Waals surface area contributed by atoms with Gasteiger partial charge in [-0.1, -0.05) is 6.07 Å². The van der Waals surface area contributed by atoms with Gasteiger partial charge in [0, 0.05) is 22.2 Å². The average molecular weight is 473 g/mol. The molecule has 3 heterocycles. The van der Waals surface area contributed by atoms with E-state index < -0.39 is 21.9 Å². The monoisotopic (exact) mass is 472 g/mol. The van der Waals surface area contributed by atoms with E-state index in [0.717, 1.165) is 16.5 Å². The molecular weight excluding hydrogens is 456 g/mol. The number of carbonyl (C=O) groups excluding carboxylic acids is 1. The number of aryl methyl sites for hydroxylation is 2. The summed E-state index contributed by atoms with van der Waals surface area (Å²) in [7, 11) is -3.69. The summed E-state index contributed by atoms with van der Waals surface area (Å²) in [6.45, 7) is 0.272. The molecule has 164 valence electrons. The van der Waals surface area contributed by atoms with Crippen molar-refractivity contribution in [2.75, 3.05) is 6.26 Å². The maximum atomic E-state index is 12.8. The average Bonchev–Trinajstić information content (AvgIpc) is 3.21. The zero-order valence-corrected chi connectivity index (χ0v) is 18.2. The van der Waals surface area contributed by atoms with E-state index in [9.17, 15) is 22.8 Å². The van der Waals surface area contributed by atoms with Gasteiger partial charge >= 0.3 is 5.97 Å². The molecule has 3 aromatic heterocycles. The van der Waals surface area contributed by atoms with Gasteiger partial charge in [0.05, 0.1) is 29.7 Å². The third-order valence-electron chi connectivity index (χ3n) is 4.77. The van der Waals surface area contributed by atoms with Crippen LogP contribution in [0.1, 0.15) is 26.4 Å². The van der Waals surface area contributed by atoms with Gasteiger partial charge in [-0.3, -0.25) is 14.2 Å². The number of fused-ring (bicyclic) bond motifs is 2. The summed E-state index contributed by atoms with van der Waals surface area (Å²) in [6.07, 6.45) is 3.98. The number of hydrogen-bond donors (Lipinski definition) is 2. The van der Waals surface area contributed by atoms with E-state index in [4.69, 9.17) is 5.11 Å². The zero-order valence-electron chi connectivity index (χ0n) is 16.6. The Labute approximate surface area is 185 Å². The molecule has 0 atom stereocenters. The quantitative estimate of drug-likeness (QED) is 0.430. The predicted octanol–water partition coefficient (Wildman–Crippen LogP) is 1.64. The number of carboxylic acids is 1. The van der Waals surface area contributed by atoms with Crippen LogP contribution in [-0.2, 0) is 23.0 Å². The molecule has 0 aliphatic carbocycles. The summed E-state index contributed by atoms with van der Waals surface area (Å²) in [5, 5.41) is 11.7. The zero-order chi connectivity index (χ0) is 23.0. The molecule has 0 radical (unpaired) electrons. The van der Waals surface area contributed by atoms with E-state index >= 15 is 0 Å². The third kappa shape index (κ3) is 4.22. The number of aromatic carboxylic acids is 1. The van der Waals surface area contributed by atoms with Crippen LogP contribution in [0, 0.1) is 0 Å². The highest BCUT2D eigenvalue weighted by Gasteiger charge is 2.17. The predicted molar refractivity (Wildman–Crippen MR) is 119 cm³/mol. The molecule has 0 saturated heterocycles. The molecule has 0 fully saturated rings. The fourth-order valence-corrected chi connectivity index (χ4v) is 4.73. The first kappa shape index (κ1) is 21.6. The topological polar surface area (TPSA) is 148 Å². The van der Waals surface area contributed by atoms with Crippen molar-refractivity contribution in [2.24, 2.45) is 0 Å². The van der Waals surface area contributed by atoms with E-state index in [2.05, 4.69) is 9.97 Å². The van der Waals surface area contributed by atoms with Crippen LogP contribution in [0.3, 0.4) is 0 Å². The molecule has 10 nitrogen and oxygen atoms in total. The second-order valence-electron chi connectivity index (χ2n) is 7.02. The number of rotatable bonds is 6. The third-order valence-corrected chi connectivity index (χ3v) is 6.32. The fourth-order valence-electron chi connectivity index (χ4n) is 3.32. The lowest BCUT2D eigenvalue weighted by Gasteiger charge is -2.10. The minimum atomic E-state index is -3.69. The van der Waals surface area contributed by atoms with Crippen molar-refractivity contribution in [1.82, 2.24) is 19.3 Å². The summed E-state index contributed by atoms with van der Waals surface area (Å²) < 4.78 is 27.0. The van der Waals surface area contributed by atoms with Gasteiger partial charge in [0.1, 0.15) is 5.69 Å². The number of sulfonamides is 1. The van der Waals surface area contributed by atoms with Gasteiger partial charge in [-0.25, -0.2) is 27.9 Å². The van der Waals surface area contributed by atoms with Crippen LogP contribution >= 0.6 is 11.3 Å². The van der Waals surface area contributed by atoms with E-state index in [1.807, 2.05) is 4.72 Å². The van der Waals surface area contributed by atoms with Crippen molar-refractivity contribution in [3.63, 3.8) is 0 Å². The number of thiophene rings is 1. The Kier molecular flexibility index (Phi) is 5.48. The number of nitrogens with one attached hydrogen (secondary N) is 1. The van der Waals surface area contributed by atoms with Gasteiger partial charge in [-0.15, -0.1) is 11.3 Å². The molecule has 12 heteroatoms. The van der Waals surface area contributed by atoms with E-state index in [0.29, 0.717) is 17.3 Å². The first-order chi connectivity index (χ1) is 15.1. The lowest BCUT2D eigenvalue weighted by atomic mass is 10.0. The second-order valence-corrected chi connectivity index (χ2v) is 9.69. The Morgan fingerprint density at radius 1 is 1.19 bits per heavy atom. The summed E-state index contributed by atoms with van der Waals surface area (Å²) >= 11 is 1.40. The summed E-state index contributed by atoms with van der Waals surface area (Å²) in [4.78, 5) is 44.2. The number of pyridine rings is 1. The summed E-state index contributed by atoms with van der Waals surface area (Å²) in [5.74, 6) is -1.94. The van der Waals surface area contributed by atoms with Gasteiger partial charge in [-0.2, -0.15) is 0 Å². The van der Waals surface area contributed by atoms with Crippen LogP contribution in [0.4, 0.5) is 0 Å². The first-order valence-electron chi connectivity index (χ1n) is 9.24. The molecule has 2 N–H and O–H groups in total. The number of amides is 1. The lowest BCUT2D eigenvalue weighted by molar-refractivity contribution is 0.0690. The largest absolute Gasteiger partial charge is 0.477 e. The van der Waals surface area contributed by atoms with Crippen molar-refractivity contribution in [2.45, 2.75) is 13.0 Å². The van der Waals surface area contributed by atoms with Crippen LogP contribution < -0.4 is 10.3 Å². The number of benzene rings is 1. The Bertz CT molecular complexity index is 1560. The molecule has 1 amide bonds. The Balaban J connectivity index is 1.65. The summed E-state index contributed by atoms with van der Waals surface area (Å²) in [5.41, 5.74) is 0.800. The number of nitrogens with zero attached hydrogens (tertiary/aromatic N) is 3. The highest BCUT2D eigenvalue weighted by atomic mass is 32.2. The van der Waals surface area contributed by atoms with Gasteiger partial charge in [-0.05, 0) is 35.6 Å². The Hall–Kier alpha value is -3.64. The highest BCUT2D eigenvalue weighted by molar-refractivity contribution is 7.89. The van der Waals surface area contributed by atoms with Gasteiger partial charge in [0.15, 0.2) is 0 Å². The normalized spacial score (nSPS) is 11.7. The van der Waals surface area contributed by atoms with Crippen molar-refractivity contribution >= 4 is 54.2 Å². The van der Waals surface area contributed by atoms with Crippen LogP contribution in [-0.4, -0.2) is 46.2 Å². The second kappa shape index (κ2) is 8.13. The molecule has 0 aliphatic heterocycles. The fraction of sp³-hybridized carbons (Fsp3) is 0.150. The Morgan fingerprint density at radius 3 is 2.69 bits per heavy atom. The first-order valence-corrected chi connectivity index (χ1v) is 12.0. The Morgan fingerprint density at radius 2 is 1.97 bits per heavy atom. The van der Waals surface area contributed by atoms with Crippen molar-refractivity contribution in [1.29, 1.82) is 0 Å². The van der Waals surface area contributed by atoms with Crippen molar-refractivity contribution in [3.05, 3.63) is 69.3 Å². The highest BCUT2D eigenvalue weighted by Crippen LogP contribution is 2.29. The van der Waals surface area contributed by atoms with Crippen LogP contribution in [0.2, 0.25) is 0 Å². The van der Waals surface area contributed by atoms with Crippen LogP contribution in [0.5, 0.6) is 0 Å². The van der Waals surface area contributed by atoms with Gasteiger partial charge in [0.2, 0.25) is 10.0 Å². The standard InChI is InChI=1S/C20H16N4O6S2/c1-32(29,30)23-18(25)13-3-2-11(17-12(13)5-7-31-17)4-6-24-10-22-16-9-21-15(20(27)28)8-14(16)19(24)26/h2-3,5,7-10H,4,6H2,1H3,(H,23,25)(H,27,28). The molecule has 4 rings (SSSR count). The van der Waals surface area contributed by atoms with Crippen LogP contribution in [0.15, 0.2) is 47.0 Å². The van der Waals surface area contributed by atoms with E-state index in [-0.39, 0.29) is 28.7 Å². The lowest BCUT2D eigenvalue weighted by Crippen LogP contribution is -2.29. The number of hydrogen-bond acceptors (Lipinski definition) is 8. The number of carboxylic acid groups (broad SMARTS) is 1. The molecule has 0 bridgehead atoms. The SMILES string of the molecule is CS(=O)(=O)NC(=O)c1ccc(CCn2cnc3cnc(C(=O)O)cc3c2=O)c2sccc12. The van der Waals surface area contributed by atoms with Crippen molar-refractivity contribution < 1.29 is 23.1 Å². The number of carbonyl (C=O) groups is 2. The molecule has 0 saturated carbocycles. The molecule has 4 aromatic rings. The minimum absolute atomic E-state index is 0.161. The summed E-state index contributed by atoms with van der Waals surface area (Å²) in [6, 6.07) is 6.22. The molecule has 0 aliphatic rings. The van der Waals surface area contributed by atoms with Gasteiger partial charge < -0.3 is 5.11 Å². The molecule has 1 aromatic carbocycles. The van der Waals surface area contributed by atoms with Crippen LogP contribution in [0.25, 0.3) is 21.0 Å². The van der Waals surface area contributed by atoms with E-state index in [1.165, 1.54) is 34.5 Å². The molecule has 32 heavy (non-hydrogen) atoms. The van der Waals surface area contributed by atoms with E-state index in [1.54, 1.807) is 23.6 Å². The maximum Gasteiger partial charge on any atom is 0.354 e. The maximum absolute atomic E-state index is 12.8. The van der Waals surface area contributed by atoms with Crippen molar-refractivity contribution in [3.8, 4) is 0 Å².